The molecule has 0 fully saturated rings. The van der Waals surface area contributed by atoms with E-state index in [2.05, 4.69) is 75.0 Å². The molecule has 132 valence electrons. The Hall–Kier alpha value is -2.58. The number of allylic oxidation sites excluding steroid dienone is 1. The molecule has 0 spiro atoms. The molecule has 0 bridgehead atoms. The van der Waals surface area contributed by atoms with Crippen LogP contribution in [0.1, 0.15) is 30.7 Å². The molecule has 0 unspecified atom stereocenters. The first-order valence-electron chi connectivity index (χ1n) is 9.06. The van der Waals surface area contributed by atoms with Crippen LogP contribution < -0.4 is 5.73 Å². The van der Waals surface area contributed by atoms with Gasteiger partial charge in [-0.1, -0.05) is 75.0 Å². The highest BCUT2D eigenvalue weighted by Gasteiger charge is 2.05. The Labute approximate surface area is 159 Å². The molecule has 4 aromatic rings. The molecule has 2 heteroatoms. The van der Waals surface area contributed by atoms with E-state index in [1.807, 2.05) is 12.1 Å². The van der Waals surface area contributed by atoms with Crippen molar-refractivity contribution >= 4 is 43.5 Å². The molecule has 0 saturated heterocycles. The molecule has 0 aliphatic rings. The van der Waals surface area contributed by atoms with Crippen LogP contribution in [0.2, 0.25) is 0 Å². The van der Waals surface area contributed by atoms with Gasteiger partial charge in [-0.25, -0.2) is 0 Å². The van der Waals surface area contributed by atoms with E-state index in [4.69, 9.17) is 5.73 Å². The second kappa shape index (κ2) is 8.20. The monoisotopic (exact) mass is 359 g/mol. The van der Waals surface area contributed by atoms with Crippen molar-refractivity contribution in [1.82, 2.24) is 0 Å². The molecule has 0 aliphatic carbocycles. The summed E-state index contributed by atoms with van der Waals surface area (Å²) in [6.45, 7) is 8.34. The van der Waals surface area contributed by atoms with Crippen LogP contribution in [0.25, 0.3) is 26.4 Å². The fraction of sp³-hybridized carbons (Fsp3) is 0.167. The molecule has 26 heavy (non-hydrogen) atoms. The quantitative estimate of drug-likeness (QED) is 0.381. The highest BCUT2D eigenvalue weighted by molar-refractivity contribution is 7.20. The molecular weight excluding hydrogens is 334 g/mol. The van der Waals surface area contributed by atoms with Crippen LogP contribution in [0.4, 0.5) is 5.69 Å². The molecular formula is C24H25NS. The van der Waals surface area contributed by atoms with E-state index in [-0.39, 0.29) is 0 Å². The minimum atomic E-state index is 0.864. The zero-order valence-corrected chi connectivity index (χ0v) is 16.3. The van der Waals surface area contributed by atoms with E-state index in [9.17, 15) is 0 Å². The van der Waals surface area contributed by atoms with Gasteiger partial charge in [0.15, 0.2) is 0 Å². The number of nitrogens with two attached hydrogens (primary N) is 1. The molecule has 1 heterocycles. The smallest absolute Gasteiger partial charge is 0.0578 e. The van der Waals surface area contributed by atoms with E-state index in [0.29, 0.717) is 0 Å². The summed E-state index contributed by atoms with van der Waals surface area (Å²) in [6.07, 6.45) is 2.11. The number of hydrogen-bond donors (Lipinski definition) is 1. The second-order valence-electron chi connectivity index (χ2n) is 6.37. The molecule has 0 amide bonds. The van der Waals surface area contributed by atoms with Crippen molar-refractivity contribution in [3.63, 3.8) is 0 Å². The van der Waals surface area contributed by atoms with E-state index >= 15 is 0 Å². The lowest BCUT2D eigenvalue weighted by Gasteiger charge is -1.99. The van der Waals surface area contributed by atoms with Crippen molar-refractivity contribution in [2.24, 2.45) is 0 Å². The molecule has 0 radical (unpaired) electrons. The summed E-state index contributed by atoms with van der Waals surface area (Å²) in [7, 11) is 0. The molecule has 3 aromatic carbocycles. The van der Waals surface area contributed by atoms with E-state index in [1.165, 1.54) is 36.9 Å². The van der Waals surface area contributed by atoms with Gasteiger partial charge in [0.05, 0.1) is 4.70 Å². The molecule has 0 saturated carbocycles. The summed E-state index contributed by atoms with van der Waals surface area (Å²) in [5.74, 6) is 0. The van der Waals surface area contributed by atoms with Gasteiger partial charge in [0.1, 0.15) is 0 Å². The molecule has 0 atom stereocenters. The van der Waals surface area contributed by atoms with E-state index < -0.39 is 0 Å². The number of rotatable bonds is 3. The van der Waals surface area contributed by atoms with Gasteiger partial charge in [-0.2, -0.15) is 0 Å². The summed E-state index contributed by atoms with van der Waals surface area (Å²) in [5.41, 5.74) is 9.35. The average Bonchev–Trinajstić information content (AvgIpc) is 3.13. The third kappa shape index (κ3) is 3.97. The van der Waals surface area contributed by atoms with Crippen LogP contribution in [0.3, 0.4) is 0 Å². The summed E-state index contributed by atoms with van der Waals surface area (Å²) in [4.78, 5) is 1.25. The molecule has 1 nitrogen and oxygen atoms in total. The number of thiophene rings is 1. The summed E-state index contributed by atoms with van der Waals surface area (Å²) < 4.78 is 1.18. The Morgan fingerprint density at radius 3 is 2.31 bits per heavy atom. The average molecular weight is 360 g/mol. The Morgan fingerprint density at radius 1 is 0.885 bits per heavy atom. The third-order valence-corrected chi connectivity index (χ3v) is 5.87. The van der Waals surface area contributed by atoms with E-state index in [0.717, 1.165) is 18.5 Å². The first-order chi connectivity index (χ1) is 12.6. The zero-order valence-electron chi connectivity index (χ0n) is 15.5. The first-order valence-corrected chi connectivity index (χ1v) is 9.88. The predicted molar refractivity (Wildman–Crippen MR) is 119 cm³/mol. The van der Waals surface area contributed by atoms with Gasteiger partial charge in [0.2, 0.25) is 0 Å². The standard InChI is InChI=1S/C12H13NS.C12H12/c1-3-8(2)11-7-9-5-4-6-10(13)12(9)14-11;1-2-10-7-8-11-5-3-4-6-12(11)9-10/h4-7H,2-3,13H2,1H3;3-9H,2H2,1H3. The lowest BCUT2D eigenvalue weighted by Crippen LogP contribution is -1.81. The molecule has 0 aliphatic heterocycles. The van der Waals surface area contributed by atoms with Crippen molar-refractivity contribution in [3.8, 4) is 0 Å². The Bertz CT molecular complexity index is 1040. The number of anilines is 1. The van der Waals surface area contributed by atoms with Crippen molar-refractivity contribution in [2.45, 2.75) is 26.7 Å². The van der Waals surface area contributed by atoms with E-state index in [1.54, 1.807) is 11.3 Å². The van der Waals surface area contributed by atoms with Crippen molar-refractivity contribution in [1.29, 1.82) is 0 Å². The molecule has 1 aromatic heterocycles. The summed E-state index contributed by atoms with van der Waals surface area (Å²) in [5, 5.41) is 3.89. The van der Waals surface area contributed by atoms with Crippen LogP contribution in [-0.2, 0) is 6.42 Å². The molecule has 4 rings (SSSR count). The highest BCUT2D eigenvalue weighted by Crippen LogP contribution is 2.34. The van der Waals surface area contributed by atoms with Crippen LogP contribution in [-0.4, -0.2) is 0 Å². The van der Waals surface area contributed by atoms with Crippen molar-refractivity contribution < 1.29 is 0 Å². The summed E-state index contributed by atoms with van der Waals surface area (Å²) >= 11 is 1.73. The minimum absolute atomic E-state index is 0.864. The predicted octanol–water partition coefficient (Wildman–Crippen LogP) is 7.31. The first kappa shape index (κ1) is 18.2. The Balaban J connectivity index is 0.000000152. The third-order valence-electron chi connectivity index (χ3n) is 4.57. The van der Waals surface area contributed by atoms with Gasteiger partial charge in [0.25, 0.3) is 0 Å². The van der Waals surface area contributed by atoms with Crippen LogP contribution in [0.5, 0.6) is 0 Å². The van der Waals surface area contributed by atoms with Crippen LogP contribution in [0.15, 0.2) is 73.3 Å². The van der Waals surface area contributed by atoms with Gasteiger partial charge in [-0.3, -0.25) is 0 Å². The lowest BCUT2D eigenvalue weighted by molar-refractivity contribution is 1.15. The van der Waals surface area contributed by atoms with Gasteiger partial charge < -0.3 is 5.73 Å². The van der Waals surface area contributed by atoms with Crippen molar-refractivity contribution in [2.75, 3.05) is 5.73 Å². The number of hydrogen-bond acceptors (Lipinski definition) is 2. The van der Waals surface area contributed by atoms with Crippen LogP contribution >= 0.6 is 11.3 Å². The van der Waals surface area contributed by atoms with Gasteiger partial charge in [-0.15, -0.1) is 11.3 Å². The van der Waals surface area contributed by atoms with Gasteiger partial charge in [-0.05, 0) is 52.3 Å². The second-order valence-corrected chi connectivity index (χ2v) is 7.42. The maximum atomic E-state index is 5.89. The minimum Gasteiger partial charge on any atom is -0.398 e. The maximum Gasteiger partial charge on any atom is 0.0578 e. The topological polar surface area (TPSA) is 26.0 Å². The zero-order chi connectivity index (χ0) is 18.5. The number of nitrogen functional groups attached to an aromatic ring is 1. The maximum absolute atomic E-state index is 5.89. The van der Waals surface area contributed by atoms with Gasteiger partial charge >= 0.3 is 0 Å². The number of aryl methyl sites for hydroxylation is 1. The van der Waals surface area contributed by atoms with Crippen LogP contribution in [0, 0.1) is 0 Å². The lowest BCUT2D eigenvalue weighted by atomic mass is 10.1. The fourth-order valence-electron chi connectivity index (χ4n) is 2.89. The molecule has 2 N–H and O–H groups in total. The number of benzene rings is 3. The SMILES string of the molecule is C=C(CC)c1cc2cccc(N)c2s1.CCc1ccc2ccccc2c1. The Morgan fingerprint density at radius 2 is 1.62 bits per heavy atom. The van der Waals surface area contributed by atoms with Gasteiger partial charge in [0, 0.05) is 10.6 Å². The Kier molecular flexibility index (Phi) is 5.75. The van der Waals surface area contributed by atoms with Crippen molar-refractivity contribution in [3.05, 3.63) is 83.7 Å². The fourth-order valence-corrected chi connectivity index (χ4v) is 4.02. The highest BCUT2D eigenvalue weighted by atomic mass is 32.1. The normalized spacial score (nSPS) is 10.5. The largest absolute Gasteiger partial charge is 0.398 e. The number of fused-ring (bicyclic) bond motifs is 2. The summed E-state index contributed by atoms with van der Waals surface area (Å²) in [6, 6.07) is 23.3.